The van der Waals surface area contributed by atoms with E-state index >= 15 is 0 Å². The van der Waals surface area contributed by atoms with Gasteiger partial charge in [0.15, 0.2) is 0 Å². The Morgan fingerprint density at radius 1 is 1.00 bits per heavy atom. The van der Waals surface area contributed by atoms with E-state index in [2.05, 4.69) is 0 Å². The van der Waals surface area contributed by atoms with E-state index in [1.54, 1.807) is 6.92 Å². The Hall–Kier alpha value is 1.62. The third-order valence-electron chi connectivity index (χ3n) is 1.23. The molecule has 15 heavy (non-hydrogen) atoms. The summed E-state index contributed by atoms with van der Waals surface area (Å²) in [4.78, 5) is 0. The summed E-state index contributed by atoms with van der Waals surface area (Å²) in [6, 6.07) is 0. The van der Waals surface area contributed by atoms with Crippen LogP contribution in [-0.4, -0.2) is 85.3 Å². The molecule has 0 aromatic heterocycles. The van der Waals surface area contributed by atoms with Crippen molar-refractivity contribution < 1.29 is 17.7 Å². The normalized spacial score (nSPS) is 10.7. The number of hydrogen-bond donors (Lipinski definition) is 0. The van der Waals surface area contributed by atoms with Crippen molar-refractivity contribution in [2.45, 2.75) is 27.7 Å². The summed E-state index contributed by atoms with van der Waals surface area (Å²) < 4.78 is 21.6. The maximum atomic E-state index is 5.41. The number of thiocarbonyl (C=S) groups is 1. The first kappa shape index (κ1) is 19.0. The van der Waals surface area contributed by atoms with Crippen LogP contribution in [0.25, 0.3) is 0 Å². The van der Waals surface area contributed by atoms with Crippen LogP contribution in [0, 0.1) is 0 Å². The fourth-order valence-corrected chi connectivity index (χ4v) is 3.07. The summed E-state index contributed by atoms with van der Waals surface area (Å²) in [7, 11) is -3.00. The zero-order chi connectivity index (χ0) is 11.0. The maximum absolute atomic E-state index is 5.41. The Morgan fingerprint density at radius 3 is 1.53 bits per heavy atom. The van der Waals surface area contributed by atoms with Gasteiger partial charge in [-0.2, -0.15) is 0 Å². The summed E-state index contributed by atoms with van der Waals surface area (Å²) in [5, 5.41) is 0.381. The summed E-state index contributed by atoms with van der Waals surface area (Å²) in [6.07, 6.45) is 0. The third kappa shape index (κ3) is 8.36. The molecule has 0 aliphatic heterocycles. The second-order valence-electron chi connectivity index (χ2n) is 2.39. The van der Waals surface area contributed by atoms with Gasteiger partial charge in [0.2, 0.25) is 0 Å². The molecule has 0 spiro atoms. The van der Waals surface area contributed by atoms with Crippen LogP contribution in [0.5, 0.6) is 0 Å². The van der Waals surface area contributed by atoms with E-state index in [-0.39, 0.29) is 51.4 Å². The molecular formula is C8H19KO4SSi. The molecule has 0 aliphatic rings. The molecule has 0 saturated carbocycles. The van der Waals surface area contributed by atoms with Gasteiger partial charge in [-0.25, -0.2) is 0 Å². The molecule has 0 unspecified atom stereocenters. The molecule has 7 heteroatoms. The summed E-state index contributed by atoms with van der Waals surface area (Å²) in [5.74, 6) is 0. The van der Waals surface area contributed by atoms with Crippen LogP contribution in [0.4, 0.5) is 0 Å². The van der Waals surface area contributed by atoms with Gasteiger partial charge in [-0.15, -0.1) is 0 Å². The Balaban J connectivity index is 0. The van der Waals surface area contributed by atoms with Crippen molar-refractivity contribution >= 4 is 77.7 Å². The molecule has 0 saturated heterocycles. The van der Waals surface area contributed by atoms with E-state index in [0.717, 1.165) is 0 Å². The van der Waals surface area contributed by atoms with Crippen LogP contribution in [0.2, 0.25) is 0 Å². The Kier molecular flexibility index (Phi) is 13.6. The molecule has 0 atom stereocenters. The fourth-order valence-electron chi connectivity index (χ4n) is 0.920. The second-order valence-corrected chi connectivity index (χ2v) is 5.04. The second kappa shape index (κ2) is 10.8. The van der Waals surface area contributed by atoms with Gasteiger partial charge in [0.25, 0.3) is 0 Å². The van der Waals surface area contributed by atoms with Gasteiger partial charge in [0.1, 0.15) is 5.05 Å². The van der Waals surface area contributed by atoms with Gasteiger partial charge < -0.3 is 17.7 Å². The summed E-state index contributed by atoms with van der Waals surface area (Å²) >= 11 is 4.86. The number of rotatable bonds is 7. The van der Waals surface area contributed by atoms with Gasteiger partial charge in [0.05, 0.1) is 0 Å². The standard InChI is InChI=1S/C8H18O4SSi.K.H/c1-5-9-14(10-6-2,11-7-3)12-8(4)13;;/h5-7H2,1-4H3;;. The van der Waals surface area contributed by atoms with Crippen molar-refractivity contribution in [3.63, 3.8) is 0 Å². The molecule has 0 radical (unpaired) electrons. The molecule has 0 bridgehead atoms. The zero-order valence-electron chi connectivity index (χ0n) is 9.16. The summed E-state index contributed by atoms with van der Waals surface area (Å²) in [5.41, 5.74) is 0. The first-order valence-electron chi connectivity index (χ1n) is 4.71. The first-order chi connectivity index (χ1) is 6.60. The average Bonchev–Trinajstić information content (AvgIpc) is 2.03. The van der Waals surface area contributed by atoms with Crippen molar-refractivity contribution in [1.29, 1.82) is 0 Å². The molecular weight excluding hydrogens is 259 g/mol. The van der Waals surface area contributed by atoms with Gasteiger partial charge >= 0.3 is 60.4 Å². The molecule has 4 nitrogen and oxygen atoms in total. The van der Waals surface area contributed by atoms with E-state index < -0.39 is 9.05 Å². The van der Waals surface area contributed by atoms with Crippen molar-refractivity contribution in [2.75, 3.05) is 19.8 Å². The van der Waals surface area contributed by atoms with Crippen molar-refractivity contribution in [2.24, 2.45) is 0 Å². The zero-order valence-corrected chi connectivity index (χ0v) is 11.0. The monoisotopic (exact) mass is 278 g/mol. The van der Waals surface area contributed by atoms with Crippen molar-refractivity contribution in [3.05, 3.63) is 0 Å². The van der Waals surface area contributed by atoms with E-state index in [1.165, 1.54) is 0 Å². The minimum atomic E-state index is -3.00. The average molecular weight is 278 g/mol. The summed E-state index contributed by atoms with van der Waals surface area (Å²) in [6.45, 7) is 8.71. The predicted molar refractivity (Wildman–Crippen MR) is 67.1 cm³/mol. The number of hydrogen-bond acceptors (Lipinski definition) is 5. The molecule has 0 rings (SSSR count). The van der Waals surface area contributed by atoms with E-state index in [9.17, 15) is 0 Å². The van der Waals surface area contributed by atoms with Crippen LogP contribution in [0.15, 0.2) is 0 Å². The van der Waals surface area contributed by atoms with Gasteiger partial charge in [-0.1, -0.05) is 0 Å². The SMILES string of the molecule is CCO[Si](OCC)(OCC)OC(C)=S.[KH]. The molecule has 0 heterocycles. The van der Waals surface area contributed by atoms with Crippen LogP contribution in [0.3, 0.4) is 0 Å². The minimum absolute atomic E-state index is 0. The quantitative estimate of drug-likeness (QED) is 0.517. The molecule has 0 fully saturated rings. The topological polar surface area (TPSA) is 36.9 Å². The molecule has 0 aliphatic carbocycles. The van der Waals surface area contributed by atoms with Crippen LogP contribution in [0.1, 0.15) is 27.7 Å². The van der Waals surface area contributed by atoms with Gasteiger partial charge in [-0.05, 0) is 33.0 Å². The van der Waals surface area contributed by atoms with Gasteiger partial charge in [-0.3, -0.25) is 0 Å². The van der Waals surface area contributed by atoms with Crippen LogP contribution in [-0.2, 0) is 17.7 Å². The molecule has 0 amide bonds. The Morgan fingerprint density at radius 2 is 1.33 bits per heavy atom. The van der Waals surface area contributed by atoms with E-state index in [1.807, 2.05) is 20.8 Å². The van der Waals surface area contributed by atoms with Gasteiger partial charge in [0, 0.05) is 26.7 Å². The van der Waals surface area contributed by atoms with Crippen LogP contribution < -0.4 is 0 Å². The Bertz CT molecular complexity index is 165. The van der Waals surface area contributed by atoms with Crippen molar-refractivity contribution in [1.82, 2.24) is 0 Å². The third-order valence-corrected chi connectivity index (χ3v) is 3.95. The fraction of sp³-hybridized carbons (Fsp3) is 0.875. The van der Waals surface area contributed by atoms with E-state index in [4.69, 9.17) is 29.9 Å². The molecule has 0 aromatic carbocycles. The molecule has 86 valence electrons. The molecule has 0 N–H and O–H groups in total. The van der Waals surface area contributed by atoms with Crippen LogP contribution >= 0.6 is 12.2 Å². The van der Waals surface area contributed by atoms with Crippen molar-refractivity contribution in [3.8, 4) is 0 Å². The van der Waals surface area contributed by atoms with E-state index in [0.29, 0.717) is 24.9 Å². The predicted octanol–water partition coefficient (Wildman–Crippen LogP) is 1.25. The Labute approximate surface area is 141 Å². The first-order valence-corrected chi connectivity index (χ1v) is 6.75. The molecule has 0 aromatic rings.